The third-order valence-electron chi connectivity index (χ3n) is 3.07. The number of rotatable bonds is 5. The minimum absolute atomic E-state index is 0.0680. The first-order valence-corrected chi connectivity index (χ1v) is 5.83. The fourth-order valence-corrected chi connectivity index (χ4v) is 1.95. The van der Waals surface area contributed by atoms with Crippen molar-refractivity contribution in [3.05, 3.63) is 0 Å². The summed E-state index contributed by atoms with van der Waals surface area (Å²) in [7, 11) is 1.67. The van der Waals surface area contributed by atoms with Gasteiger partial charge in [0.05, 0.1) is 12.1 Å². The van der Waals surface area contributed by atoms with Gasteiger partial charge in [0.2, 0.25) is 5.91 Å². The number of ether oxygens (including phenoxy) is 1. The average Bonchev–Trinajstić information content (AvgIpc) is 2.35. The molecule has 1 atom stereocenters. The van der Waals surface area contributed by atoms with E-state index in [2.05, 4.69) is 0 Å². The minimum atomic E-state index is -0.925. The van der Waals surface area contributed by atoms with Crippen LogP contribution in [0.5, 0.6) is 0 Å². The van der Waals surface area contributed by atoms with Crippen molar-refractivity contribution in [3.63, 3.8) is 0 Å². The number of likely N-dealkylation sites (tertiary alicyclic amines) is 1. The second kappa shape index (κ2) is 6.56. The van der Waals surface area contributed by atoms with Crippen LogP contribution in [0.1, 0.15) is 25.7 Å². The third-order valence-corrected chi connectivity index (χ3v) is 3.07. The molecule has 0 radical (unpaired) electrons. The van der Waals surface area contributed by atoms with Crippen LogP contribution in [0, 0.1) is 0 Å². The molecule has 0 spiro atoms. The van der Waals surface area contributed by atoms with Crippen LogP contribution in [-0.4, -0.2) is 54.2 Å². The molecule has 0 saturated carbocycles. The van der Waals surface area contributed by atoms with E-state index < -0.39 is 12.0 Å². The highest BCUT2D eigenvalue weighted by molar-refractivity contribution is 5.82. The van der Waals surface area contributed by atoms with Crippen molar-refractivity contribution in [3.8, 4) is 0 Å². The predicted octanol–water partition coefficient (Wildman–Crippen LogP) is -0.184. The number of carbonyl (C=O) groups excluding carboxylic acids is 1. The van der Waals surface area contributed by atoms with Gasteiger partial charge in [-0.25, -0.2) is 0 Å². The zero-order chi connectivity index (χ0) is 12.8. The van der Waals surface area contributed by atoms with Gasteiger partial charge >= 0.3 is 5.97 Å². The number of piperidine rings is 1. The molecule has 1 amide bonds. The number of carboxylic acid groups (broad SMARTS) is 1. The highest BCUT2D eigenvalue weighted by Gasteiger charge is 2.26. The van der Waals surface area contributed by atoms with Crippen LogP contribution in [0.15, 0.2) is 0 Å². The van der Waals surface area contributed by atoms with Crippen LogP contribution in [0.2, 0.25) is 0 Å². The molecular weight excluding hydrogens is 224 g/mol. The fraction of sp³-hybridized carbons (Fsp3) is 0.818. The van der Waals surface area contributed by atoms with Gasteiger partial charge in [0, 0.05) is 26.6 Å². The van der Waals surface area contributed by atoms with E-state index in [-0.39, 0.29) is 24.9 Å². The maximum atomic E-state index is 11.9. The molecule has 1 rings (SSSR count). The van der Waals surface area contributed by atoms with Gasteiger partial charge in [-0.05, 0) is 19.3 Å². The fourth-order valence-electron chi connectivity index (χ4n) is 1.95. The molecule has 1 saturated heterocycles. The lowest BCUT2D eigenvalue weighted by molar-refractivity contribution is -0.138. The van der Waals surface area contributed by atoms with E-state index in [9.17, 15) is 9.59 Å². The molecule has 0 aromatic rings. The molecule has 6 heteroatoms. The summed E-state index contributed by atoms with van der Waals surface area (Å²) in [4.78, 5) is 24.0. The summed E-state index contributed by atoms with van der Waals surface area (Å²) in [6.45, 7) is 1.27. The number of carboxylic acids is 1. The van der Waals surface area contributed by atoms with Crippen LogP contribution in [-0.2, 0) is 14.3 Å². The van der Waals surface area contributed by atoms with Gasteiger partial charge in [-0.3, -0.25) is 9.59 Å². The average molecular weight is 244 g/mol. The number of amides is 1. The van der Waals surface area contributed by atoms with Gasteiger partial charge in [-0.15, -0.1) is 0 Å². The van der Waals surface area contributed by atoms with E-state index in [0.29, 0.717) is 13.1 Å². The lowest BCUT2D eigenvalue weighted by Gasteiger charge is -2.32. The van der Waals surface area contributed by atoms with Crippen molar-refractivity contribution in [1.82, 2.24) is 4.90 Å². The Labute approximate surface area is 101 Å². The Bertz CT molecular complexity index is 275. The number of nitrogens with zero attached hydrogens (tertiary/aromatic N) is 1. The molecule has 0 aromatic heterocycles. The number of carbonyl (C=O) groups is 2. The maximum Gasteiger partial charge on any atom is 0.303 e. The zero-order valence-corrected chi connectivity index (χ0v) is 10.1. The van der Waals surface area contributed by atoms with E-state index in [0.717, 1.165) is 12.8 Å². The topological polar surface area (TPSA) is 92.9 Å². The second-order valence-electron chi connectivity index (χ2n) is 4.30. The van der Waals surface area contributed by atoms with E-state index in [4.69, 9.17) is 15.6 Å². The van der Waals surface area contributed by atoms with Crippen LogP contribution in [0.25, 0.3) is 0 Å². The molecule has 1 aliphatic heterocycles. The van der Waals surface area contributed by atoms with Crippen molar-refractivity contribution in [2.24, 2.45) is 5.73 Å². The summed E-state index contributed by atoms with van der Waals surface area (Å²) in [6.07, 6.45) is 1.97. The molecule has 0 aromatic carbocycles. The van der Waals surface area contributed by atoms with Gasteiger partial charge in [0.15, 0.2) is 0 Å². The lowest BCUT2D eigenvalue weighted by atomic mass is 10.1. The summed E-state index contributed by atoms with van der Waals surface area (Å²) in [5.74, 6) is -1.08. The number of hydrogen-bond acceptors (Lipinski definition) is 4. The van der Waals surface area contributed by atoms with Gasteiger partial charge in [0.25, 0.3) is 0 Å². The Morgan fingerprint density at radius 2 is 2.06 bits per heavy atom. The largest absolute Gasteiger partial charge is 0.481 e. The van der Waals surface area contributed by atoms with E-state index in [1.807, 2.05) is 0 Å². The van der Waals surface area contributed by atoms with Crippen LogP contribution >= 0.6 is 0 Å². The molecule has 1 fully saturated rings. The molecule has 6 nitrogen and oxygen atoms in total. The zero-order valence-electron chi connectivity index (χ0n) is 10.1. The summed E-state index contributed by atoms with van der Waals surface area (Å²) in [5.41, 5.74) is 5.68. The Morgan fingerprint density at radius 1 is 1.47 bits per heavy atom. The summed E-state index contributed by atoms with van der Waals surface area (Å²) >= 11 is 0. The van der Waals surface area contributed by atoms with Crippen LogP contribution in [0.4, 0.5) is 0 Å². The summed E-state index contributed by atoms with van der Waals surface area (Å²) in [6, 6.07) is -0.704. The molecule has 1 heterocycles. The highest BCUT2D eigenvalue weighted by atomic mass is 16.5. The lowest BCUT2D eigenvalue weighted by Crippen LogP contribution is -2.48. The van der Waals surface area contributed by atoms with E-state index >= 15 is 0 Å². The summed E-state index contributed by atoms with van der Waals surface area (Å²) < 4.78 is 5.21. The van der Waals surface area contributed by atoms with Crippen molar-refractivity contribution >= 4 is 11.9 Å². The predicted molar refractivity (Wildman–Crippen MR) is 61.5 cm³/mol. The normalized spacial score (nSPS) is 19.1. The number of aliphatic carboxylic acids is 1. The number of nitrogens with two attached hydrogens (primary N) is 1. The van der Waals surface area contributed by atoms with Crippen LogP contribution < -0.4 is 5.73 Å². The van der Waals surface area contributed by atoms with Gasteiger partial charge in [0.1, 0.15) is 0 Å². The molecule has 1 unspecified atom stereocenters. The molecule has 1 aliphatic rings. The first kappa shape index (κ1) is 13.9. The van der Waals surface area contributed by atoms with E-state index in [1.165, 1.54) is 0 Å². The first-order valence-electron chi connectivity index (χ1n) is 5.83. The Hall–Kier alpha value is -1.14. The van der Waals surface area contributed by atoms with E-state index in [1.54, 1.807) is 12.0 Å². The smallest absolute Gasteiger partial charge is 0.303 e. The maximum absolute atomic E-state index is 11.9. The minimum Gasteiger partial charge on any atom is -0.481 e. The Kier molecular flexibility index (Phi) is 5.37. The van der Waals surface area contributed by atoms with Crippen molar-refractivity contribution in [2.45, 2.75) is 37.8 Å². The van der Waals surface area contributed by atoms with Crippen molar-refractivity contribution < 1.29 is 19.4 Å². The second-order valence-corrected chi connectivity index (χ2v) is 4.30. The standard InChI is InChI=1S/C11H20N2O4/c1-17-8-4-6-13(7-5-8)11(16)9(12)2-3-10(14)15/h8-9H,2-7,12H2,1H3,(H,14,15). The number of methoxy groups -OCH3 is 1. The van der Waals surface area contributed by atoms with Gasteiger partial charge < -0.3 is 20.5 Å². The molecular formula is C11H20N2O4. The highest BCUT2D eigenvalue weighted by Crippen LogP contribution is 2.14. The van der Waals surface area contributed by atoms with Gasteiger partial charge in [-0.2, -0.15) is 0 Å². The molecule has 98 valence electrons. The molecule has 0 aliphatic carbocycles. The summed E-state index contributed by atoms with van der Waals surface area (Å²) in [5, 5.41) is 8.52. The quantitative estimate of drug-likeness (QED) is 0.699. The van der Waals surface area contributed by atoms with Crippen molar-refractivity contribution in [2.75, 3.05) is 20.2 Å². The molecule has 0 bridgehead atoms. The monoisotopic (exact) mass is 244 g/mol. The van der Waals surface area contributed by atoms with Gasteiger partial charge in [-0.1, -0.05) is 0 Å². The SMILES string of the molecule is COC1CCN(C(=O)C(N)CCC(=O)O)CC1. The third kappa shape index (κ3) is 4.32. The van der Waals surface area contributed by atoms with Crippen molar-refractivity contribution in [1.29, 1.82) is 0 Å². The Morgan fingerprint density at radius 3 is 2.53 bits per heavy atom. The van der Waals surface area contributed by atoms with Crippen LogP contribution in [0.3, 0.4) is 0 Å². The first-order chi connectivity index (χ1) is 8.04. The Balaban J connectivity index is 2.34. The molecule has 17 heavy (non-hydrogen) atoms. The molecule has 3 N–H and O–H groups in total. The number of hydrogen-bond donors (Lipinski definition) is 2.